The second-order valence-electron chi connectivity index (χ2n) is 5.72. The maximum absolute atomic E-state index is 11.2. The lowest BCUT2D eigenvalue weighted by atomic mass is 9.97. The van der Waals surface area contributed by atoms with E-state index in [1.165, 1.54) is 19.8 Å². The smallest absolute Gasteiger partial charge is 0.217 e. The molecule has 0 bridgehead atoms. The van der Waals surface area contributed by atoms with E-state index in [-0.39, 0.29) is 5.91 Å². The Morgan fingerprint density at radius 3 is 2.45 bits per heavy atom. The van der Waals surface area contributed by atoms with Crippen LogP contribution in [-0.2, 0) is 14.3 Å². The van der Waals surface area contributed by atoms with Gasteiger partial charge in [0.2, 0.25) is 5.91 Å². The summed E-state index contributed by atoms with van der Waals surface area (Å²) in [4.78, 5) is 11.2. The number of hydrogen-bond acceptors (Lipinski definition) is 6. The van der Waals surface area contributed by atoms with Crippen molar-refractivity contribution in [1.29, 1.82) is 0 Å². The molecule has 0 aromatic rings. The van der Waals surface area contributed by atoms with Crippen LogP contribution in [0.1, 0.15) is 46.0 Å². The van der Waals surface area contributed by atoms with Crippen LogP contribution in [-0.4, -0.2) is 65.1 Å². The number of unbranched alkanes of at least 4 members (excludes halogenated alkanes) is 4. The monoisotopic (exact) mass is 319 g/mol. The third-order valence-corrected chi connectivity index (χ3v) is 3.78. The minimum absolute atomic E-state index is 0.348. The SMILES string of the molecule is CCCCCCCO[C@@H]1O[C@H](CO)[C@H](O)[C@H](O)[C@H]1NC(C)=O. The van der Waals surface area contributed by atoms with Crippen LogP contribution >= 0.6 is 0 Å². The number of aliphatic hydroxyl groups excluding tert-OH is 3. The van der Waals surface area contributed by atoms with Crippen LogP contribution in [0.25, 0.3) is 0 Å². The number of ether oxygens (including phenoxy) is 2. The van der Waals surface area contributed by atoms with Crippen molar-refractivity contribution < 1.29 is 29.6 Å². The van der Waals surface area contributed by atoms with E-state index in [0.29, 0.717) is 6.61 Å². The van der Waals surface area contributed by atoms with Crippen molar-refractivity contribution in [1.82, 2.24) is 5.32 Å². The summed E-state index contributed by atoms with van der Waals surface area (Å²) in [6.07, 6.45) is 1.06. The summed E-state index contributed by atoms with van der Waals surface area (Å²) in [5, 5.41) is 31.7. The summed E-state index contributed by atoms with van der Waals surface area (Å²) in [5.41, 5.74) is 0. The van der Waals surface area contributed by atoms with Crippen LogP contribution in [0.3, 0.4) is 0 Å². The van der Waals surface area contributed by atoms with Crippen LogP contribution in [0.5, 0.6) is 0 Å². The molecular weight excluding hydrogens is 290 g/mol. The molecule has 1 amide bonds. The summed E-state index contributed by atoms with van der Waals surface area (Å²) in [5.74, 6) is -0.348. The van der Waals surface area contributed by atoms with E-state index in [2.05, 4.69) is 12.2 Å². The summed E-state index contributed by atoms with van der Waals surface area (Å²) in [6, 6.07) is -0.856. The first-order valence-corrected chi connectivity index (χ1v) is 8.02. The number of carbonyl (C=O) groups is 1. The van der Waals surface area contributed by atoms with Crippen molar-refractivity contribution in [3.05, 3.63) is 0 Å². The lowest BCUT2D eigenvalue weighted by Gasteiger charge is -2.42. The topological polar surface area (TPSA) is 108 Å². The minimum Gasteiger partial charge on any atom is -0.394 e. The number of nitrogens with one attached hydrogen (secondary N) is 1. The van der Waals surface area contributed by atoms with Gasteiger partial charge in [0.05, 0.1) is 6.61 Å². The first-order chi connectivity index (χ1) is 10.5. The molecular formula is C15H29NO6. The molecule has 7 heteroatoms. The Hall–Kier alpha value is -0.730. The van der Waals surface area contributed by atoms with Gasteiger partial charge in [0.25, 0.3) is 0 Å². The third kappa shape index (κ3) is 5.81. The van der Waals surface area contributed by atoms with Crippen molar-refractivity contribution in [3.63, 3.8) is 0 Å². The van der Waals surface area contributed by atoms with Gasteiger partial charge in [0.1, 0.15) is 24.4 Å². The van der Waals surface area contributed by atoms with Gasteiger partial charge in [-0.3, -0.25) is 4.79 Å². The molecule has 1 rings (SSSR count). The third-order valence-electron chi connectivity index (χ3n) is 3.78. The van der Waals surface area contributed by atoms with Gasteiger partial charge >= 0.3 is 0 Å². The van der Waals surface area contributed by atoms with Crippen molar-refractivity contribution in [3.8, 4) is 0 Å². The van der Waals surface area contributed by atoms with Gasteiger partial charge in [-0.25, -0.2) is 0 Å². The molecule has 0 aromatic carbocycles. The van der Waals surface area contributed by atoms with Crippen molar-refractivity contribution in [2.75, 3.05) is 13.2 Å². The lowest BCUT2D eigenvalue weighted by molar-refractivity contribution is -0.270. The molecule has 7 nitrogen and oxygen atoms in total. The highest BCUT2D eigenvalue weighted by atomic mass is 16.7. The number of carbonyl (C=O) groups excluding carboxylic acids is 1. The molecule has 0 radical (unpaired) electrons. The molecule has 0 aromatic heterocycles. The number of aliphatic hydroxyl groups is 3. The molecule has 1 aliphatic heterocycles. The van der Waals surface area contributed by atoms with Crippen LogP contribution in [0, 0.1) is 0 Å². The fraction of sp³-hybridized carbons (Fsp3) is 0.933. The average molecular weight is 319 g/mol. The number of rotatable bonds is 9. The summed E-state index contributed by atoms with van der Waals surface area (Å²) < 4.78 is 11.1. The Balaban J connectivity index is 2.52. The second-order valence-corrected chi connectivity index (χ2v) is 5.72. The lowest BCUT2D eigenvalue weighted by Crippen LogP contribution is -2.64. The molecule has 1 heterocycles. The molecule has 22 heavy (non-hydrogen) atoms. The zero-order valence-corrected chi connectivity index (χ0v) is 13.4. The van der Waals surface area contributed by atoms with Crippen molar-refractivity contribution in [2.24, 2.45) is 0 Å². The van der Waals surface area contributed by atoms with Crippen LogP contribution in [0.4, 0.5) is 0 Å². The Morgan fingerprint density at radius 2 is 1.86 bits per heavy atom. The van der Waals surface area contributed by atoms with Gasteiger partial charge in [-0.2, -0.15) is 0 Å². The first kappa shape index (κ1) is 19.3. The predicted molar refractivity (Wildman–Crippen MR) is 80.1 cm³/mol. The first-order valence-electron chi connectivity index (χ1n) is 8.02. The Morgan fingerprint density at radius 1 is 1.18 bits per heavy atom. The molecule has 1 fully saturated rings. The normalized spacial score (nSPS) is 32.0. The largest absolute Gasteiger partial charge is 0.394 e. The van der Waals surface area contributed by atoms with E-state index in [4.69, 9.17) is 9.47 Å². The zero-order valence-electron chi connectivity index (χ0n) is 13.4. The highest BCUT2D eigenvalue weighted by molar-refractivity contribution is 5.73. The van der Waals surface area contributed by atoms with Crippen LogP contribution in [0.15, 0.2) is 0 Å². The van der Waals surface area contributed by atoms with Gasteiger partial charge in [-0.05, 0) is 6.42 Å². The molecule has 1 aliphatic rings. The summed E-state index contributed by atoms with van der Waals surface area (Å²) in [7, 11) is 0. The van der Waals surface area contributed by atoms with Crippen molar-refractivity contribution in [2.45, 2.75) is 76.6 Å². The van der Waals surface area contributed by atoms with Crippen LogP contribution < -0.4 is 5.32 Å². The Labute approximate surface area is 131 Å². The molecule has 0 spiro atoms. The predicted octanol–water partition coefficient (Wildman–Crippen LogP) is -0.0829. The van der Waals surface area contributed by atoms with E-state index in [1.54, 1.807) is 0 Å². The van der Waals surface area contributed by atoms with Gasteiger partial charge in [-0.15, -0.1) is 0 Å². The van der Waals surface area contributed by atoms with E-state index in [0.717, 1.165) is 19.3 Å². The van der Waals surface area contributed by atoms with Crippen molar-refractivity contribution >= 4 is 5.91 Å². The van der Waals surface area contributed by atoms with Gasteiger partial charge in [0, 0.05) is 13.5 Å². The Kier molecular flexibility index (Phi) is 8.89. The maximum Gasteiger partial charge on any atom is 0.217 e. The molecule has 0 saturated carbocycles. The highest BCUT2D eigenvalue weighted by Gasteiger charge is 2.45. The number of amides is 1. The molecule has 5 atom stereocenters. The van der Waals surface area contributed by atoms with Gasteiger partial charge < -0.3 is 30.1 Å². The van der Waals surface area contributed by atoms with E-state index in [1.807, 2.05) is 0 Å². The van der Waals surface area contributed by atoms with E-state index < -0.39 is 37.3 Å². The standard InChI is InChI=1S/C15H29NO6/c1-3-4-5-6-7-8-21-15-12(16-10(2)18)14(20)13(19)11(9-17)22-15/h11-15,17,19-20H,3-9H2,1-2H3,(H,16,18)/t11-,12-,13+,14-,15-/m1/s1. The fourth-order valence-corrected chi connectivity index (χ4v) is 2.52. The minimum atomic E-state index is -1.27. The van der Waals surface area contributed by atoms with Crippen LogP contribution in [0.2, 0.25) is 0 Å². The van der Waals surface area contributed by atoms with Gasteiger partial charge in [-0.1, -0.05) is 32.6 Å². The molecule has 130 valence electrons. The molecule has 4 N–H and O–H groups in total. The maximum atomic E-state index is 11.2. The average Bonchev–Trinajstić information content (AvgIpc) is 2.49. The van der Waals surface area contributed by atoms with E-state index in [9.17, 15) is 20.1 Å². The fourth-order valence-electron chi connectivity index (χ4n) is 2.52. The molecule has 0 aliphatic carbocycles. The number of hydrogen-bond donors (Lipinski definition) is 4. The summed E-state index contributed by atoms with van der Waals surface area (Å²) >= 11 is 0. The van der Waals surface area contributed by atoms with Gasteiger partial charge in [0.15, 0.2) is 6.29 Å². The highest BCUT2D eigenvalue weighted by Crippen LogP contribution is 2.22. The second kappa shape index (κ2) is 10.1. The quantitative estimate of drug-likeness (QED) is 0.443. The summed E-state index contributed by atoms with van der Waals surface area (Å²) in [6.45, 7) is 3.47. The molecule has 1 saturated heterocycles. The zero-order chi connectivity index (χ0) is 16.5. The van der Waals surface area contributed by atoms with E-state index >= 15 is 0 Å². The Bertz CT molecular complexity index is 327. The molecule has 0 unspecified atom stereocenters.